The van der Waals surface area contributed by atoms with Gasteiger partial charge in [0.15, 0.2) is 11.5 Å². The van der Waals surface area contributed by atoms with Gasteiger partial charge in [0.05, 0.1) is 14.2 Å². The Bertz CT molecular complexity index is 380. The number of hydrogen-bond donors (Lipinski definition) is 2. The molecule has 0 aliphatic carbocycles. The Hall–Kier alpha value is -1.75. The van der Waals surface area contributed by atoms with Crippen LogP contribution in [0, 0.1) is 0 Å². The molecule has 94 valence electrons. The van der Waals surface area contributed by atoms with E-state index in [4.69, 9.17) is 15.3 Å². The van der Waals surface area contributed by atoms with Gasteiger partial charge in [-0.05, 0) is 30.5 Å². The molecule has 0 aromatic heterocycles. The highest BCUT2D eigenvalue weighted by Crippen LogP contribution is 2.27. The number of benzene rings is 1. The van der Waals surface area contributed by atoms with E-state index in [0.29, 0.717) is 17.9 Å². The molecule has 1 aromatic carbocycles. The zero-order chi connectivity index (χ0) is 12.7. The van der Waals surface area contributed by atoms with Gasteiger partial charge in [-0.25, -0.2) is 5.84 Å². The molecule has 0 spiro atoms. The van der Waals surface area contributed by atoms with Gasteiger partial charge in [-0.15, -0.1) is 0 Å². The molecule has 17 heavy (non-hydrogen) atoms. The SMILES string of the molecule is COc1ccc(CCCC(=O)NN)cc1OC. The van der Waals surface area contributed by atoms with Crippen LogP contribution in [-0.4, -0.2) is 20.1 Å². The van der Waals surface area contributed by atoms with Crippen LogP contribution in [0.15, 0.2) is 18.2 Å². The maximum Gasteiger partial charge on any atom is 0.233 e. The van der Waals surface area contributed by atoms with Crippen LogP contribution in [0.1, 0.15) is 18.4 Å². The Morgan fingerprint density at radius 1 is 1.29 bits per heavy atom. The molecule has 0 unspecified atom stereocenters. The van der Waals surface area contributed by atoms with Gasteiger partial charge in [-0.3, -0.25) is 10.2 Å². The fourth-order valence-electron chi connectivity index (χ4n) is 1.56. The largest absolute Gasteiger partial charge is 0.493 e. The molecule has 3 N–H and O–H groups in total. The molecule has 1 amide bonds. The molecule has 0 aliphatic rings. The van der Waals surface area contributed by atoms with Crippen molar-refractivity contribution in [2.75, 3.05) is 14.2 Å². The predicted molar refractivity (Wildman–Crippen MR) is 64.8 cm³/mol. The van der Waals surface area contributed by atoms with E-state index in [-0.39, 0.29) is 5.91 Å². The maximum absolute atomic E-state index is 10.9. The average Bonchev–Trinajstić information content (AvgIpc) is 2.38. The zero-order valence-electron chi connectivity index (χ0n) is 10.2. The van der Waals surface area contributed by atoms with Gasteiger partial charge < -0.3 is 9.47 Å². The van der Waals surface area contributed by atoms with E-state index < -0.39 is 0 Å². The van der Waals surface area contributed by atoms with Crippen molar-refractivity contribution < 1.29 is 14.3 Å². The van der Waals surface area contributed by atoms with Crippen molar-refractivity contribution in [2.45, 2.75) is 19.3 Å². The van der Waals surface area contributed by atoms with Crippen molar-refractivity contribution in [1.82, 2.24) is 5.43 Å². The van der Waals surface area contributed by atoms with Crippen LogP contribution in [0.3, 0.4) is 0 Å². The number of rotatable bonds is 6. The average molecular weight is 238 g/mol. The number of carbonyl (C=O) groups is 1. The minimum Gasteiger partial charge on any atom is -0.493 e. The fourth-order valence-corrected chi connectivity index (χ4v) is 1.56. The monoisotopic (exact) mass is 238 g/mol. The summed E-state index contributed by atoms with van der Waals surface area (Å²) in [4.78, 5) is 10.9. The van der Waals surface area contributed by atoms with E-state index in [1.807, 2.05) is 18.2 Å². The zero-order valence-corrected chi connectivity index (χ0v) is 10.2. The lowest BCUT2D eigenvalue weighted by atomic mass is 10.1. The normalized spacial score (nSPS) is 9.82. The standard InChI is InChI=1S/C12H18N2O3/c1-16-10-7-6-9(8-11(10)17-2)4-3-5-12(15)14-13/h6-8H,3-5,13H2,1-2H3,(H,14,15). The highest BCUT2D eigenvalue weighted by molar-refractivity contribution is 5.75. The van der Waals surface area contributed by atoms with Crippen molar-refractivity contribution in [2.24, 2.45) is 5.84 Å². The summed E-state index contributed by atoms with van der Waals surface area (Å²) in [7, 11) is 3.20. The molecule has 0 radical (unpaired) electrons. The summed E-state index contributed by atoms with van der Waals surface area (Å²) in [5.74, 6) is 6.26. The lowest BCUT2D eigenvalue weighted by molar-refractivity contribution is -0.121. The molecule has 0 bridgehead atoms. The molecule has 0 saturated heterocycles. The lowest BCUT2D eigenvalue weighted by Crippen LogP contribution is -2.29. The minimum absolute atomic E-state index is 0.148. The van der Waals surface area contributed by atoms with E-state index in [1.165, 1.54) is 0 Å². The van der Waals surface area contributed by atoms with E-state index in [1.54, 1.807) is 14.2 Å². The van der Waals surface area contributed by atoms with Gasteiger partial charge in [0.25, 0.3) is 0 Å². The number of hydrogen-bond acceptors (Lipinski definition) is 4. The van der Waals surface area contributed by atoms with Crippen LogP contribution in [0.25, 0.3) is 0 Å². The van der Waals surface area contributed by atoms with Gasteiger partial charge in [0.2, 0.25) is 5.91 Å². The van der Waals surface area contributed by atoms with Crippen molar-refractivity contribution in [1.29, 1.82) is 0 Å². The number of carbonyl (C=O) groups excluding carboxylic acids is 1. The van der Waals surface area contributed by atoms with E-state index in [9.17, 15) is 4.79 Å². The first-order valence-corrected chi connectivity index (χ1v) is 5.41. The molecule has 5 heteroatoms. The number of methoxy groups -OCH3 is 2. The first-order chi connectivity index (χ1) is 8.21. The molecular formula is C12H18N2O3. The first-order valence-electron chi connectivity index (χ1n) is 5.41. The number of hydrazine groups is 1. The second-order valence-corrected chi connectivity index (χ2v) is 3.61. The molecule has 1 aromatic rings. The predicted octanol–water partition coefficient (Wildman–Crippen LogP) is 1.02. The highest BCUT2D eigenvalue weighted by atomic mass is 16.5. The summed E-state index contributed by atoms with van der Waals surface area (Å²) in [6.45, 7) is 0. The Morgan fingerprint density at radius 3 is 2.59 bits per heavy atom. The maximum atomic E-state index is 10.9. The van der Waals surface area contributed by atoms with Gasteiger partial charge in [0, 0.05) is 6.42 Å². The van der Waals surface area contributed by atoms with Crippen LogP contribution >= 0.6 is 0 Å². The highest BCUT2D eigenvalue weighted by Gasteiger charge is 2.05. The van der Waals surface area contributed by atoms with Gasteiger partial charge >= 0.3 is 0 Å². The molecule has 0 aliphatic heterocycles. The molecule has 5 nitrogen and oxygen atoms in total. The Morgan fingerprint density at radius 2 is 2.00 bits per heavy atom. The summed E-state index contributed by atoms with van der Waals surface area (Å²) in [6.07, 6.45) is 1.97. The Labute approximate surface area is 101 Å². The number of nitrogens with one attached hydrogen (secondary N) is 1. The number of nitrogens with two attached hydrogens (primary N) is 1. The van der Waals surface area contributed by atoms with Crippen LogP contribution in [0.5, 0.6) is 11.5 Å². The third-order valence-electron chi connectivity index (χ3n) is 2.48. The second-order valence-electron chi connectivity index (χ2n) is 3.61. The van der Waals surface area contributed by atoms with Crippen molar-refractivity contribution >= 4 is 5.91 Å². The Kier molecular flexibility index (Phi) is 5.29. The smallest absolute Gasteiger partial charge is 0.233 e. The van der Waals surface area contributed by atoms with Gasteiger partial charge in [-0.1, -0.05) is 6.07 Å². The molecule has 0 fully saturated rings. The van der Waals surface area contributed by atoms with Crippen molar-refractivity contribution in [3.8, 4) is 11.5 Å². The van der Waals surface area contributed by atoms with Crippen molar-refractivity contribution in [3.63, 3.8) is 0 Å². The van der Waals surface area contributed by atoms with Crippen molar-refractivity contribution in [3.05, 3.63) is 23.8 Å². The van der Waals surface area contributed by atoms with E-state index in [0.717, 1.165) is 18.4 Å². The molecular weight excluding hydrogens is 220 g/mol. The van der Waals surface area contributed by atoms with Crippen LogP contribution in [0.4, 0.5) is 0 Å². The molecule has 0 atom stereocenters. The summed E-state index contributed by atoms with van der Waals surface area (Å²) in [6, 6.07) is 5.73. The molecule has 1 rings (SSSR count). The van der Waals surface area contributed by atoms with Crippen LogP contribution in [-0.2, 0) is 11.2 Å². The third kappa shape index (κ3) is 3.96. The summed E-state index contributed by atoms with van der Waals surface area (Å²) in [5.41, 5.74) is 3.21. The number of amides is 1. The van der Waals surface area contributed by atoms with Gasteiger partial charge in [0.1, 0.15) is 0 Å². The van der Waals surface area contributed by atoms with E-state index in [2.05, 4.69) is 5.43 Å². The Balaban J connectivity index is 2.57. The second kappa shape index (κ2) is 6.75. The fraction of sp³-hybridized carbons (Fsp3) is 0.417. The topological polar surface area (TPSA) is 73.6 Å². The molecule has 0 saturated carbocycles. The third-order valence-corrected chi connectivity index (χ3v) is 2.48. The first kappa shape index (κ1) is 13.3. The summed E-state index contributed by atoms with van der Waals surface area (Å²) < 4.78 is 10.3. The van der Waals surface area contributed by atoms with Crippen LogP contribution in [0.2, 0.25) is 0 Å². The van der Waals surface area contributed by atoms with E-state index >= 15 is 0 Å². The van der Waals surface area contributed by atoms with Gasteiger partial charge in [-0.2, -0.15) is 0 Å². The summed E-state index contributed by atoms with van der Waals surface area (Å²) in [5, 5.41) is 0. The number of ether oxygens (including phenoxy) is 2. The molecule has 0 heterocycles. The number of aryl methyl sites for hydroxylation is 1. The summed E-state index contributed by atoms with van der Waals surface area (Å²) >= 11 is 0. The quantitative estimate of drug-likeness (QED) is 0.441. The lowest BCUT2D eigenvalue weighted by Gasteiger charge is -2.09. The minimum atomic E-state index is -0.148. The van der Waals surface area contributed by atoms with Crippen LogP contribution < -0.4 is 20.7 Å².